The summed E-state index contributed by atoms with van der Waals surface area (Å²) in [5, 5.41) is 0.724. The Labute approximate surface area is 107 Å². The lowest BCUT2D eigenvalue weighted by Gasteiger charge is -2.38. The van der Waals surface area contributed by atoms with E-state index in [1.807, 2.05) is 18.2 Å². The number of halogens is 1. The number of nitrogens with two attached hydrogens (primary N) is 1. The number of benzene rings is 1. The number of ether oxygens (including phenoxy) is 1. The van der Waals surface area contributed by atoms with Gasteiger partial charge in [0.15, 0.2) is 0 Å². The molecule has 0 bridgehead atoms. The first-order valence-electron chi connectivity index (χ1n) is 5.94. The summed E-state index contributed by atoms with van der Waals surface area (Å²) in [6, 6.07) is 5.61. The maximum absolute atomic E-state index is 6.02. The van der Waals surface area contributed by atoms with Crippen LogP contribution in [0.1, 0.15) is 13.3 Å². The molecule has 1 fully saturated rings. The van der Waals surface area contributed by atoms with E-state index >= 15 is 0 Å². The molecule has 0 amide bonds. The van der Waals surface area contributed by atoms with Crippen molar-refractivity contribution in [1.29, 1.82) is 0 Å². The Kier molecular flexibility index (Phi) is 3.79. The number of methoxy groups -OCH3 is 1. The first kappa shape index (κ1) is 12.5. The first-order chi connectivity index (χ1) is 8.11. The van der Waals surface area contributed by atoms with Crippen molar-refractivity contribution in [3.8, 4) is 0 Å². The second-order valence-electron chi connectivity index (χ2n) is 4.69. The molecule has 4 heteroatoms. The number of rotatable bonds is 2. The molecule has 0 saturated carbocycles. The molecule has 94 valence electrons. The van der Waals surface area contributed by atoms with Gasteiger partial charge in [-0.3, -0.25) is 0 Å². The van der Waals surface area contributed by atoms with Crippen molar-refractivity contribution in [1.82, 2.24) is 0 Å². The van der Waals surface area contributed by atoms with E-state index in [9.17, 15) is 0 Å². The van der Waals surface area contributed by atoms with Gasteiger partial charge in [-0.15, -0.1) is 0 Å². The summed E-state index contributed by atoms with van der Waals surface area (Å²) in [7, 11) is 1.77. The fourth-order valence-corrected chi connectivity index (χ4v) is 2.52. The molecular formula is C13H19ClN2O. The highest BCUT2D eigenvalue weighted by atomic mass is 35.5. The zero-order chi connectivity index (χ0) is 12.4. The van der Waals surface area contributed by atoms with E-state index < -0.39 is 0 Å². The van der Waals surface area contributed by atoms with Crippen LogP contribution < -0.4 is 10.6 Å². The maximum Gasteiger partial charge on any atom is 0.0772 e. The molecule has 0 spiro atoms. The summed E-state index contributed by atoms with van der Waals surface area (Å²) in [5.41, 5.74) is 7.80. The van der Waals surface area contributed by atoms with Crippen molar-refractivity contribution in [3.05, 3.63) is 23.2 Å². The lowest BCUT2D eigenvalue weighted by atomic mass is 9.95. The molecule has 2 atom stereocenters. The number of nitrogens with zero attached hydrogens (tertiary/aromatic N) is 1. The molecule has 17 heavy (non-hydrogen) atoms. The Balaban J connectivity index is 2.20. The second-order valence-corrected chi connectivity index (χ2v) is 5.13. The molecule has 1 aromatic carbocycles. The Morgan fingerprint density at radius 3 is 2.94 bits per heavy atom. The van der Waals surface area contributed by atoms with Gasteiger partial charge in [-0.25, -0.2) is 0 Å². The van der Waals surface area contributed by atoms with Crippen molar-refractivity contribution in [2.24, 2.45) is 5.92 Å². The third kappa shape index (κ3) is 2.67. The van der Waals surface area contributed by atoms with Crippen molar-refractivity contribution in [2.75, 3.05) is 30.8 Å². The lowest BCUT2D eigenvalue weighted by Crippen LogP contribution is -2.44. The van der Waals surface area contributed by atoms with Crippen LogP contribution in [-0.4, -0.2) is 26.3 Å². The molecule has 1 aliphatic heterocycles. The van der Waals surface area contributed by atoms with Gasteiger partial charge >= 0.3 is 0 Å². The van der Waals surface area contributed by atoms with E-state index in [0.717, 1.165) is 35.9 Å². The predicted octanol–water partition coefficient (Wildman–Crippen LogP) is 2.78. The van der Waals surface area contributed by atoms with Gasteiger partial charge in [0.05, 0.1) is 17.5 Å². The van der Waals surface area contributed by atoms with E-state index in [-0.39, 0.29) is 6.10 Å². The Morgan fingerprint density at radius 1 is 1.47 bits per heavy atom. The Bertz CT molecular complexity index is 397. The minimum absolute atomic E-state index is 0.266. The minimum atomic E-state index is 0.266. The van der Waals surface area contributed by atoms with Crippen LogP contribution in [0.4, 0.5) is 11.4 Å². The highest BCUT2D eigenvalue weighted by molar-refractivity contribution is 6.31. The molecule has 2 unspecified atom stereocenters. The van der Waals surface area contributed by atoms with Crippen LogP contribution in [0.5, 0.6) is 0 Å². The molecule has 1 aromatic rings. The van der Waals surface area contributed by atoms with Crippen LogP contribution in [0.15, 0.2) is 18.2 Å². The van der Waals surface area contributed by atoms with E-state index in [1.54, 1.807) is 7.11 Å². The summed E-state index contributed by atoms with van der Waals surface area (Å²) >= 11 is 6.02. The lowest BCUT2D eigenvalue weighted by molar-refractivity contribution is 0.0499. The van der Waals surface area contributed by atoms with Gasteiger partial charge in [-0.1, -0.05) is 18.5 Å². The fraction of sp³-hybridized carbons (Fsp3) is 0.538. The molecular weight excluding hydrogens is 236 g/mol. The van der Waals surface area contributed by atoms with Crippen LogP contribution >= 0.6 is 11.6 Å². The van der Waals surface area contributed by atoms with Crippen LogP contribution in [0, 0.1) is 5.92 Å². The third-order valence-corrected chi connectivity index (χ3v) is 3.76. The highest BCUT2D eigenvalue weighted by Gasteiger charge is 2.26. The minimum Gasteiger partial charge on any atom is -0.397 e. The van der Waals surface area contributed by atoms with Crippen molar-refractivity contribution in [2.45, 2.75) is 19.4 Å². The van der Waals surface area contributed by atoms with E-state index in [0.29, 0.717) is 5.92 Å². The van der Waals surface area contributed by atoms with Gasteiger partial charge in [0.2, 0.25) is 0 Å². The fourth-order valence-electron chi connectivity index (χ4n) is 2.35. The van der Waals surface area contributed by atoms with Crippen LogP contribution in [0.2, 0.25) is 5.02 Å². The summed E-state index contributed by atoms with van der Waals surface area (Å²) in [6.07, 6.45) is 1.38. The van der Waals surface area contributed by atoms with Crippen LogP contribution in [-0.2, 0) is 4.74 Å². The SMILES string of the molecule is COC1CN(c2cc(Cl)ccc2N)CCC1C. The smallest absolute Gasteiger partial charge is 0.0772 e. The maximum atomic E-state index is 6.02. The highest BCUT2D eigenvalue weighted by Crippen LogP contribution is 2.31. The molecule has 2 rings (SSSR count). The summed E-state index contributed by atoms with van der Waals surface area (Å²) < 4.78 is 5.51. The van der Waals surface area contributed by atoms with Gasteiger partial charge in [0.1, 0.15) is 0 Å². The van der Waals surface area contributed by atoms with Crippen LogP contribution in [0.25, 0.3) is 0 Å². The van der Waals surface area contributed by atoms with Gasteiger partial charge in [-0.05, 0) is 30.5 Å². The Morgan fingerprint density at radius 2 is 2.24 bits per heavy atom. The summed E-state index contributed by atoms with van der Waals surface area (Å²) in [6.45, 7) is 4.11. The Hall–Kier alpha value is -0.930. The average molecular weight is 255 g/mol. The van der Waals surface area contributed by atoms with Gasteiger partial charge in [0.25, 0.3) is 0 Å². The van der Waals surface area contributed by atoms with E-state index in [2.05, 4.69) is 11.8 Å². The number of hydrogen-bond acceptors (Lipinski definition) is 3. The standard InChI is InChI=1S/C13H19ClN2O/c1-9-5-6-16(8-13(9)17-2)12-7-10(14)3-4-11(12)15/h3-4,7,9,13H,5-6,8,15H2,1-2H3. The molecule has 1 aliphatic rings. The van der Waals surface area contributed by atoms with Gasteiger partial charge in [0, 0.05) is 25.2 Å². The van der Waals surface area contributed by atoms with Crippen molar-refractivity contribution >= 4 is 23.0 Å². The van der Waals surface area contributed by atoms with E-state index in [1.165, 1.54) is 0 Å². The number of anilines is 2. The number of hydrogen-bond donors (Lipinski definition) is 1. The predicted molar refractivity (Wildman–Crippen MR) is 72.7 cm³/mol. The normalized spacial score (nSPS) is 25.0. The molecule has 0 radical (unpaired) electrons. The summed E-state index contributed by atoms with van der Waals surface area (Å²) in [5.74, 6) is 0.594. The molecule has 0 aliphatic carbocycles. The molecule has 0 aromatic heterocycles. The van der Waals surface area contributed by atoms with Crippen molar-refractivity contribution < 1.29 is 4.74 Å². The number of piperidine rings is 1. The number of nitrogen functional groups attached to an aromatic ring is 1. The largest absolute Gasteiger partial charge is 0.397 e. The summed E-state index contributed by atoms with van der Waals surface area (Å²) in [4.78, 5) is 2.26. The molecule has 1 heterocycles. The second kappa shape index (κ2) is 5.15. The molecule has 1 saturated heterocycles. The monoisotopic (exact) mass is 254 g/mol. The molecule has 3 nitrogen and oxygen atoms in total. The zero-order valence-electron chi connectivity index (χ0n) is 10.3. The van der Waals surface area contributed by atoms with E-state index in [4.69, 9.17) is 22.1 Å². The van der Waals surface area contributed by atoms with Crippen LogP contribution in [0.3, 0.4) is 0 Å². The first-order valence-corrected chi connectivity index (χ1v) is 6.32. The molecule has 2 N–H and O–H groups in total. The third-order valence-electron chi connectivity index (χ3n) is 3.53. The zero-order valence-corrected chi connectivity index (χ0v) is 11.1. The van der Waals surface area contributed by atoms with Gasteiger partial charge in [-0.2, -0.15) is 0 Å². The topological polar surface area (TPSA) is 38.5 Å². The quantitative estimate of drug-likeness (QED) is 0.825. The average Bonchev–Trinajstić information content (AvgIpc) is 2.33. The van der Waals surface area contributed by atoms with Crippen molar-refractivity contribution in [3.63, 3.8) is 0 Å². The van der Waals surface area contributed by atoms with Gasteiger partial charge < -0.3 is 15.4 Å².